The predicted molar refractivity (Wildman–Crippen MR) is 128 cm³/mol. The van der Waals surface area contributed by atoms with Crippen molar-refractivity contribution in [1.82, 2.24) is 9.80 Å². The Kier molecular flexibility index (Phi) is 6.93. The minimum absolute atomic E-state index is 0.00148. The molecular formula is C27H28N2O4. The summed E-state index contributed by atoms with van der Waals surface area (Å²) in [4.78, 5) is 29.4. The largest absolute Gasteiger partial charge is 0.493 e. The van der Waals surface area contributed by atoms with E-state index in [0.717, 1.165) is 16.7 Å². The van der Waals surface area contributed by atoms with E-state index in [-0.39, 0.29) is 18.2 Å². The van der Waals surface area contributed by atoms with E-state index in [1.165, 1.54) is 0 Å². The molecule has 6 nitrogen and oxygen atoms in total. The Morgan fingerprint density at radius 1 is 0.727 bits per heavy atom. The Bertz CT molecular complexity index is 1100. The number of methoxy groups -OCH3 is 2. The summed E-state index contributed by atoms with van der Waals surface area (Å²) in [6.07, 6.45) is 0.287. The molecule has 4 rings (SSSR count). The van der Waals surface area contributed by atoms with Crippen molar-refractivity contribution in [2.75, 3.05) is 40.4 Å². The number of amides is 2. The van der Waals surface area contributed by atoms with Gasteiger partial charge in [0.1, 0.15) is 0 Å². The average Bonchev–Trinajstić information content (AvgIpc) is 2.89. The van der Waals surface area contributed by atoms with Crippen LogP contribution in [0.1, 0.15) is 15.9 Å². The first-order chi connectivity index (χ1) is 16.1. The molecule has 1 fully saturated rings. The minimum atomic E-state index is 0.00148. The lowest BCUT2D eigenvalue weighted by molar-refractivity contribution is -0.131. The van der Waals surface area contributed by atoms with Crippen LogP contribution < -0.4 is 9.47 Å². The molecule has 3 aromatic carbocycles. The Hall–Kier alpha value is -3.80. The van der Waals surface area contributed by atoms with Gasteiger partial charge in [-0.25, -0.2) is 0 Å². The predicted octanol–water partition coefficient (Wildman–Crippen LogP) is 3.90. The second-order valence-electron chi connectivity index (χ2n) is 7.98. The summed E-state index contributed by atoms with van der Waals surface area (Å²) in [5.41, 5.74) is 3.74. The molecule has 0 unspecified atom stereocenters. The van der Waals surface area contributed by atoms with Gasteiger partial charge in [-0.1, -0.05) is 48.5 Å². The van der Waals surface area contributed by atoms with Crippen molar-refractivity contribution >= 4 is 11.8 Å². The molecule has 0 radical (unpaired) electrons. The molecule has 1 saturated heterocycles. The van der Waals surface area contributed by atoms with Crippen LogP contribution in [0.2, 0.25) is 0 Å². The van der Waals surface area contributed by atoms with E-state index in [2.05, 4.69) is 12.1 Å². The van der Waals surface area contributed by atoms with E-state index in [0.29, 0.717) is 43.2 Å². The zero-order chi connectivity index (χ0) is 23.2. The first-order valence-electron chi connectivity index (χ1n) is 11.0. The third kappa shape index (κ3) is 5.17. The summed E-state index contributed by atoms with van der Waals surface area (Å²) in [6, 6.07) is 23.3. The monoisotopic (exact) mass is 444 g/mol. The standard InChI is InChI=1S/C27H28N2O4/c1-32-24-13-8-20(18-25(24)33-2)19-26(30)28-14-16-29(17-15-28)27(31)23-11-9-22(10-12-23)21-6-4-3-5-7-21/h3-13,18H,14-17,19H2,1-2H3. The molecule has 0 aliphatic carbocycles. The van der Waals surface area contributed by atoms with Gasteiger partial charge in [0.25, 0.3) is 5.91 Å². The maximum Gasteiger partial charge on any atom is 0.253 e. The zero-order valence-corrected chi connectivity index (χ0v) is 19.0. The molecule has 1 aliphatic heterocycles. The van der Waals surface area contributed by atoms with Gasteiger partial charge < -0.3 is 19.3 Å². The van der Waals surface area contributed by atoms with E-state index in [4.69, 9.17) is 9.47 Å². The van der Waals surface area contributed by atoms with Crippen LogP contribution in [0.4, 0.5) is 0 Å². The average molecular weight is 445 g/mol. The van der Waals surface area contributed by atoms with Crippen molar-refractivity contribution in [2.45, 2.75) is 6.42 Å². The van der Waals surface area contributed by atoms with Gasteiger partial charge in [0.05, 0.1) is 20.6 Å². The van der Waals surface area contributed by atoms with Gasteiger partial charge in [-0.15, -0.1) is 0 Å². The van der Waals surface area contributed by atoms with Crippen LogP contribution in [-0.2, 0) is 11.2 Å². The quantitative estimate of drug-likeness (QED) is 0.579. The van der Waals surface area contributed by atoms with Crippen molar-refractivity contribution in [2.24, 2.45) is 0 Å². The van der Waals surface area contributed by atoms with Gasteiger partial charge in [-0.3, -0.25) is 9.59 Å². The molecule has 0 N–H and O–H groups in total. The number of hydrogen-bond donors (Lipinski definition) is 0. The highest BCUT2D eigenvalue weighted by molar-refractivity contribution is 5.95. The van der Waals surface area contributed by atoms with Crippen molar-refractivity contribution in [3.8, 4) is 22.6 Å². The lowest BCUT2D eigenvalue weighted by Gasteiger charge is -2.35. The number of benzene rings is 3. The van der Waals surface area contributed by atoms with Crippen molar-refractivity contribution in [1.29, 1.82) is 0 Å². The normalized spacial score (nSPS) is 13.5. The van der Waals surface area contributed by atoms with Crippen LogP contribution in [0.15, 0.2) is 72.8 Å². The maximum atomic E-state index is 12.9. The van der Waals surface area contributed by atoms with Gasteiger partial charge in [-0.2, -0.15) is 0 Å². The first kappa shape index (κ1) is 22.4. The lowest BCUT2D eigenvalue weighted by Crippen LogP contribution is -2.51. The number of nitrogens with zero attached hydrogens (tertiary/aromatic N) is 2. The second kappa shape index (κ2) is 10.2. The fourth-order valence-electron chi connectivity index (χ4n) is 4.05. The summed E-state index contributed by atoms with van der Waals surface area (Å²) in [5.74, 6) is 1.29. The highest BCUT2D eigenvalue weighted by Crippen LogP contribution is 2.28. The van der Waals surface area contributed by atoms with Crippen molar-refractivity contribution in [3.63, 3.8) is 0 Å². The van der Waals surface area contributed by atoms with E-state index in [1.54, 1.807) is 20.3 Å². The second-order valence-corrected chi connectivity index (χ2v) is 7.98. The SMILES string of the molecule is COc1ccc(CC(=O)N2CCN(C(=O)c3ccc(-c4ccccc4)cc3)CC2)cc1OC. The third-order valence-corrected chi connectivity index (χ3v) is 5.96. The van der Waals surface area contributed by atoms with Crippen LogP contribution in [0.3, 0.4) is 0 Å². The first-order valence-corrected chi connectivity index (χ1v) is 11.0. The summed E-state index contributed by atoms with van der Waals surface area (Å²) < 4.78 is 10.6. The lowest BCUT2D eigenvalue weighted by atomic mass is 10.0. The van der Waals surface area contributed by atoms with Crippen molar-refractivity contribution in [3.05, 3.63) is 83.9 Å². The summed E-state index contributed by atoms with van der Waals surface area (Å²) in [7, 11) is 3.16. The molecule has 0 bridgehead atoms. The molecule has 0 aromatic heterocycles. The number of piperazine rings is 1. The van der Waals surface area contributed by atoms with E-state index < -0.39 is 0 Å². The van der Waals surface area contributed by atoms with Crippen LogP contribution in [0.25, 0.3) is 11.1 Å². The molecule has 2 amide bonds. The van der Waals surface area contributed by atoms with Crippen LogP contribution in [0, 0.1) is 0 Å². The van der Waals surface area contributed by atoms with E-state index >= 15 is 0 Å². The molecule has 6 heteroatoms. The van der Waals surface area contributed by atoms with Gasteiger partial charge in [0.2, 0.25) is 5.91 Å². The molecule has 33 heavy (non-hydrogen) atoms. The van der Waals surface area contributed by atoms with Crippen LogP contribution in [0.5, 0.6) is 11.5 Å². The topological polar surface area (TPSA) is 59.1 Å². The smallest absolute Gasteiger partial charge is 0.253 e. The van der Waals surface area contributed by atoms with Crippen molar-refractivity contribution < 1.29 is 19.1 Å². The molecule has 3 aromatic rings. The molecule has 1 aliphatic rings. The summed E-state index contributed by atoms with van der Waals surface area (Å²) in [5, 5.41) is 0. The Balaban J connectivity index is 1.33. The number of rotatable bonds is 6. The third-order valence-electron chi connectivity index (χ3n) is 5.96. The highest BCUT2D eigenvalue weighted by atomic mass is 16.5. The summed E-state index contributed by atoms with van der Waals surface area (Å²) >= 11 is 0. The Morgan fingerprint density at radius 2 is 1.33 bits per heavy atom. The number of carbonyl (C=O) groups is 2. The summed E-state index contributed by atoms with van der Waals surface area (Å²) in [6.45, 7) is 2.10. The van der Waals surface area contributed by atoms with E-state index in [9.17, 15) is 9.59 Å². The zero-order valence-electron chi connectivity index (χ0n) is 19.0. The molecule has 0 atom stereocenters. The molecular weight excluding hydrogens is 416 g/mol. The number of carbonyl (C=O) groups excluding carboxylic acids is 2. The maximum absolute atomic E-state index is 12.9. The Labute approximate surface area is 194 Å². The van der Waals surface area contributed by atoms with E-state index in [1.807, 2.05) is 64.4 Å². The van der Waals surface area contributed by atoms with Crippen LogP contribution in [-0.4, -0.2) is 62.0 Å². The minimum Gasteiger partial charge on any atom is -0.493 e. The number of ether oxygens (including phenoxy) is 2. The Morgan fingerprint density at radius 3 is 1.97 bits per heavy atom. The molecule has 170 valence electrons. The van der Waals surface area contributed by atoms with Gasteiger partial charge in [0, 0.05) is 31.7 Å². The van der Waals surface area contributed by atoms with Crippen LogP contribution >= 0.6 is 0 Å². The van der Waals surface area contributed by atoms with Gasteiger partial charge in [0.15, 0.2) is 11.5 Å². The van der Waals surface area contributed by atoms with Gasteiger partial charge in [-0.05, 0) is 41.0 Å². The fourth-order valence-corrected chi connectivity index (χ4v) is 4.05. The number of hydrogen-bond acceptors (Lipinski definition) is 4. The fraction of sp³-hybridized carbons (Fsp3) is 0.259. The highest BCUT2D eigenvalue weighted by Gasteiger charge is 2.25. The molecule has 0 spiro atoms. The van der Waals surface area contributed by atoms with Gasteiger partial charge >= 0.3 is 0 Å². The molecule has 1 heterocycles. The molecule has 0 saturated carbocycles.